The average Bonchev–Trinajstić information content (AvgIpc) is 2.90. The van der Waals surface area contributed by atoms with Gasteiger partial charge in [0.25, 0.3) is 0 Å². The van der Waals surface area contributed by atoms with Crippen molar-refractivity contribution in [2.75, 3.05) is 0 Å². The van der Waals surface area contributed by atoms with Crippen LogP contribution < -0.4 is 10.5 Å². The van der Waals surface area contributed by atoms with Crippen molar-refractivity contribution in [1.29, 1.82) is 0 Å². The van der Waals surface area contributed by atoms with Gasteiger partial charge < -0.3 is 5.73 Å². The number of thiophene rings is 1. The van der Waals surface area contributed by atoms with E-state index in [1.807, 2.05) is 17.5 Å². The lowest BCUT2D eigenvalue weighted by Gasteiger charge is -2.06. The van der Waals surface area contributed by atoms with Crippen LogP contribution in [-0.2, 0) is 22.3 Å². The summed E-state index contributed by atoms with van der Waals surface area (Å²) in [5.41, 5.74) is 6.92. The van der Waals surface area contributed by atoms with Gasteiger partial charge in [0, 0.05) is 17.0 Å². The van der Waals surface area contributed by atoms with Crippen molar-refractivity contribution >= 4 is 38.6 Å². The van der Waals surface area contributed by atoms with Crippen LogP contribution in [0.2, 0.25) is 0 Å². The summed E-state index contributed by atoms with van der Waals surface area (Å²) in [6, 6.07) is 10.7. The average molecular weight is 326 g/mol. The Balaban J connectivity index is 1.98. The predicted octanol–water partition coefficient (Wildman–Crippen LogP) is 2.00. The topological polar surface area (TPSA) is 72.2 Å². The summed E-state index contributed by atoms with van der Waals surface area (Å²) in [6.07, 6.45) is 0. The van der Waals surface area contributed by atoms with E-state index in [0.29, 0.717) is 17.1 Å². The zero-order valence-corrected chi connectivity index (χ0v) is 13.0. The molecule has 0 unspecified atom stereocenters. The first-order valence-electron chi connectivity index (χ1n) is 5.85. The Hall–Kier alpha value is -1.28. The van der Waals surface area contributed by atoms with Gasteiger partial charge in [0.2, 0.25) is 10.0 Å². The molecule has 0 bridgehead atoms. The van der Waals surface area contributed by atoms with Crippen LogP contribution in [0.15, 0.2) is 41.8 Å². The van der Waals surface area contributed by atoms with Gasteiger partial charge in [-0.1, -0.05) is 42.5 Å². The Bertz CT molecular complexity index is 677. The number of hydrogen-bond donors (Lipinski definition) is 2. The Labute approximate surface area is 127 Å². The third-order valence-corrected chi connectivity index (χ3v) is 5.05. The van der Waals surface area contributed by atoms with Crippen molar-refractivity contribution in [3.8, 4) is 0 Å². The second-order valence-corrected chi connectivity index (χ2v) is 7.50. The van der Waals surface area contributed by atoms with Gasteiger partial charge in [0.1, 0.15) is 4.99 Å². The van der Waals surface area contributed by atoms with E-state index in [4.69, 9.17) is 18.0 Å². The van der Waals surface area contributed by atoms with Crippen molar-refractivity contribution in [2.45, 2.75) is 12.3 Å². The summed E-state index contributed by atoms with van der Waals surface area (Å²) in [4.78, 5) is 1.28. The summed E-state index contributed by atoms with van der Waals surface area (Å²) in [7, 11) is -3.35. The molecule has 7 heteroatoms. The molecule has 2 aromatic rings. The SMILES string of the molecule is NC(=S)c1ccc(CS(=O)(=O)NCc2cccs2)cc1. The number of sulfonamides is 1. The normalized spacial score (nSPS) is 11.4. The molecular formula is C13H14N2O2S3. The maximum Gasteiger partial charge on any atom is 0.216 e. The molecule has 106 valence electrons. The highest BCUT2D eigenvalue weighted by Crippen LogP contribution is 2.11. The molecule has 4 nitrogen and oxygen atoms in total. The van der Waals surface area contributed by atoms with E-state index in [1.165, 1.54) is 11.3 Å². The number of rotatable bonds is 6. The number of benzene rings is 1. The Kier molecular flexibility index (Phi) is 4.87. The van der Waals surface area contributed by atoms with Crippen LogP contribution >= 0.6 is 23.6 Å². The smallest absolute Gasteiger partial charge is 0.216 e. The molecule has 0 spiro atoms. The van der Waals surface area contributed by atoms with Gasteiger partial charge in [-0.3, -0.25) is 0 Å². The summed E-state index contributed by atoms with van der Waals surface area (Å²) in [5, 5.41) is 1.91. The first-order valence-corrected chi connectivity index (χ1v) is 8.79. The molecule has 20 heavy (non-hydrogen) atoms. The third-order valence-electron chi connectivity index (χ3n) is 2.64. The molecule has 0 saturated carbocycles. The van der Waals surface area contributed by atoms with Crippen molar-refractivity contribution < 1.29 is 8.42 Å². The molecule has 0 aliphatic carbocycles. The van der Waals surface area contributed by atoms with Crippen molar-refractivity contribution in [2.24, 2.45) is 5.73 Å². The van der Waals surface area contributed by atoms with E-state index in [2.05, 4.69) is 4.72 Å². The van der Waals surface area contributed by atoms with E-state index in [9.17, 15) is 8.42 Å². The molecular weight excluding hydrogens is 312 g/mol. The van der Waals surface area contributed by atoms with E-state index >= 15 is 0 Å². The molecule has 0 aliphatic heterocycles. The molecule has 0 aliphatic rings. The van der Waals surface area contributed by atoms with Crippen molar-refractivity contribution in [3.63, 3.8) is 0 Å². The van der Waals surface area contributed by atoms with E-state index in [0.717, 1.165) is 10.4 Å². The van der Waals surface area contributed by atoms with Crippen molar-refractivity contribution in [3.05, 3.63) is 57.8 Å². The summed E-state index contributed by atoms with van der Waals surface area (Å²) in [6.45, 7) is 0.324. The number of thiocarbonyl (C=S) groups is 1. The molecule has 1 aromatic heterocycles. The van der Waals surface area contributed by atoms with E-state index in [1.54, 1.807) is 24.3 Å². The maximum atomic E-state index is 12.0. The largest absolute Gasteiger partial charge is 0.389 e. The van der Waals surface area contributed by atoms with Crippen LogP contribution in [-0.4, -0.2) is 13.4 Å². The standard InChI is InChI=1S/C13H14N2O2S3/c14-13(18)11-5-3-10(4-6-11)9-20(16,17)15-8-12-2-1-7-19-12/h1-7,15H,8-9H2,(H2,14,18). The molecule has 2 rings (SSSR count). The lowest BCUT2D eigenvalue weighted by atomic mass is 10.1. The minimum atomic E-state index is -3.35. The first-order chi connectivity index (χ1) is 9.46. The summed E-state index contributed by atoms with van der Waals surface area (Å²) in [5.74, 6) is -0.0595. The second kappa shape index (κ2) is 6.45. The van der Waals surface area contributed by atoms with Gasteiger partial charge in [-0.2, -0.15) is 0 Å². The van der Waals surface area contributed by atoms with Crippen molar-refractivity contribution in [1.82, 2.24) is 4.72 Å². The lowest BCUT2D eigenvalue weighted by molar-refractivity contribution is 0.581. The van der Waals surface area contributed by atoms with Crippen LogP contribution in [0.5, 0.6) is 0 Å². The number of nitrogens with one attached hydrogen (secondary N) is 1. The predicted molar refractivity (Wildman–Crippen MR) is 86.1 cm³/mol. The fraction of sp³-hybridized carbons (Fsp3) is 0.154. The van der Waals surface area contributed by atoms with Crippen LogP contribution in [0.1, 0.15) is 16.0 Å². The zero-order valence-electron chi connectivity index (χ0n) is 10.6. The summed E-state index contributed by atoms with van der Waals surface area (Å²) < 4.78 is 26.5. The fourth-order valence-electron chi connectivity index (χ4n) is 1.63. The molecule has 0 atom stereocenters. The van der Waals surface area contributed by atoms with E-state index in [-0.39, 0.29) is 5.75 Å². The van der Waals surface area contributed by atoms with Gasteiger partial charge in [-0.05, 0) is 17.0 Å². The molecule has 0 saturated heterocycles. The van der Waals surface area contributed by atoms with Crippen LogP contribution in [0.25, 0.3) is 0 Å². The molecule has 1 aromatic carbocycles. The number of hydrogen-bond acceptors (Lipinski definition) is 4. The molecule has 0 fully saturated rings. The molecule has 1 heterocycles. The van der Waals surface area contributed by atoms with Gasteiger partial charge in [-0.25, -0.2) is 13.1 Å². The molecule has 3 N–H and O–H groups in total. The minimum absolute atomic E-state index is 0.0595. The molecule has 0 amide bonds. The Morgan fingerprint density at radius 1 is 1.25 bits per heavy atom. The lowest BCUT2D eigenvalue weighted by Crippen LogP contribution is -2.24. The highest BCUT2D eigenvalue weighted by Gasteiger charge is 2.11. The third kappa shape index (κ3) is 4.38. The highest BCUT2D eigenvalue weighted by molar-refractivity contribution is 7.88. The van der Waals surface area contributed by atoms with Crippen LogP contribution in [0.4, 0.5) is 0 Å². The highest BCUT2D eigenvalue weighted by atomic mass is 32.2. The maximum absolute atomic E-state index is 12.0. The van der Waals surface area contributed by atoms with Gasteiger partial charge in [0.05, 0.1) is 5.75 Å². The number of nitrogens with two attached hydrogens (primary N) is 1. The van der Waals surface area contributed by atoms with Crippen LogP contribution in [0.3, 0.4) is 0 Å². The summed E-state index contributed by atoms with van der Waals surface area (Å²) >= 11 is 6.37. The van der Waals surface area contributed by atoms with Gasteiger partial charge >= 0.3 is 0 Å². The zero-order chi connectivity index (χ0) is 14.6. The van der Waals surface area contributed by atoms with E-state index < -0.39 is 10.0 Å². The second-order valence-electron chi connectivity index (χ2n) is 4.22. The first kappa shape index (κ1) is 15.1. The monoisotopic (exact) mass is 326 g/mol. The molecule has 0 radical (unpaired) electrons. The fourth-order valence-corrected chi connectivity index (χ4v) is 3.61. The van der Waals surface area contributed by atoms with Gasteiger partial charge in [-0.15, -0.1) is 11.3 Å². The minimum Gasteiger partial charge on any atom is -0.389 e. The quantitative estimate of drug-likeness (QED) is 0.797. The van der Waals surface area contributed by atoms with Crippen LogP contribution in [0, 0.1) is 0 Å². The Morgan fingerprint density at radius 3 is 2.50 bits per heavy atom. The Morgan fingerprint density at radius 2 is 1.95 bits per heavy atom. The van der Waals surface area contributed by atoms with Gasteiger partial charge in [0.15, 0.2) is 0 Å².